The quantitative estimate of drug-likeness (QED) is 0.805. The van der Waals surface area contributed by atoms with Crippen LogP contribution in [-0.2, 0) is 0 Å². The fraction of sp³-hybridized carbons (Fsp3) is 0.625. The average Bonchev–Trinajstić information content (AvgIpc) is 2.37. The van der Waals surface area contributed by atoms with E-state index >= 15 is 0 Å². The second-order valence-electron chi connectivity index (χ2n) is 5.77. The molecule has 0 aliphatic rings. The van der Waals surface area contributed by atoms with Crippen LogP contribution in [0, 0.1) is 5.92 Å². The molecule has 0 aliphatic heterocycles. The van der Waals surface area contributed by atoms with E-state index < -0.39 is 5.60 Å². The van der Waals surface area contributed by atoms with E-state index in [9.17, 15) is 5.11 Å². The van der Waals surface area contributed by atoms with E-state index in [-0.39, 0.29) is 18.6 Å². The number of nitrogens with one attached hydrogen (secondary N) is 1. The molecule has 0 amide bonds. The molecule has 0 bridgehead atoms. The summed E-state index contributed by atoms with van der Waals surface area (Å²) in [7, 11) is 0. The van der Waals surface area contributed by atoms with Gasteiger partial charge in [0.1, 0.15) is 12.4 Å². The lowest BCUT2D eigenvalue weighted by atomic mass is 9.94. The first-order chi connectivity index (χ1) is 9.27. The third kappa shape index (κ3) is 4.65. The molecule has 0 aromatic heterocycles. The lowest BCUT2D eigenvalue weighted by molar-refractivity contribution is -0.0266. The third-order valence-corrected chi connectivity index (χ3v) is 4.03. The van der Waals surface area contributed by atoms with Gasteiger partial charge in [0.05, 0.1) is 10.6 Å². The first kappa shape index (κ1) is 17.3. The molecule has 2 N–H and O–H groups in total. The van der Waals surface area contributed by atoms with Crippen LogP contribution in [0.2, 0.25) is 5.02 Å². The van der Waals surface area contributed by atoms with Crippen LogP contribution in [0.1, 0.15) is 46.2 Å². The van der Waals surface area contributed by atoms with E-state index in [1.54, 1.807) is 6.92 Å². The van der Waals surface area contributed by atoms with Gasteiger partial charge in [0.2, 0.25) is 0 Å². The van der Waals surface area contributed by atoms with Crippen LogP contribution in [0.5, 0.6) is 5.75 Å². The zero-order valence-electron chi connectivity index (χ0n) is 13.0. The van der Waals surface area contributed by atoms with E-state index in [2.05, 4.69) is 19.2 Å². The number of hydrogen-bond acceptors (Lipinski definition) is 3. The van der Waals surface area contributed by atoms with Crippen molar-refractivity contribution in [2.24, 2.45) is 5.92 Å². The summed E-state index contributed by atoms with van der Waals surface area (Å²) in [5, 5.41) is 14.1. The highest BCUT2D eigenvalue weighted by Gasteiger charge is 2.26. The molecule has 114 valence electrons. The minimum absolute atomic E-state index is 0.120. The Morgan fingerprint density at radius 1 is 1.35 bits per heavy atom. The van der Waals surface area contributed by atoms with Gasteiger partial charge in [-0.2, -0.15) is 0 Å². The molecule has 0 heterocycles. The zero-order chi connectivity index (χ0) is 15.3. The van der Waals surface area contributed by atoms with Gasteiger partial charge in [0.25, 0.3) is 0 Å². The van der Waals surface area contributed by atoms with Gasteiger partial charge < -0.3 is 15.2 Å². The van der Waals surface area contributed by atoms with Gasteiger partial charge in [-0.1, -0.05) is 38.4 Å². The smallest absolute Gasteiger partial charge is 0.138 e. The predicted molar refractivity (Wildman–Crippen MR) is 84.5 cm³/mol. The first-order valence-corrected chi connectivity index (χ1v) is 7.53. The molecule has 2 atom stereocenters. The standard InChI is InChI=1S/C16H26ClNO2/c1-6-18-12(4)13-7-8-15(14(17)9-13)20-10-16(5,19)11(2)3/h7-9,11-12,18-19H,6,10H2,1-5H3. The topological polar surface area (TPSA) is 41.5 Å². The summed E-state index contributed by atoms with van der Waals surface area (Å²) in [5.41, 5.74) is 0.263. The van der Waals surface area contributed by atoms with Gasteiger partial charge in [-0.25, -0.2) is 0 Å². The third-order valence-electron chi connectivity index (χ3n) is 3.73. The van der Waals surface area contributed by atoms with E-state index in [1.165, 1.54) is 0 Å². The molecule has 0 fully saturated rings. The van der Waals surface area contributed by atoms with Crippen molar-refractivity contribution in [3.05, 3.63) is 28.8 Å². The minimum Gasteiger partial charge on any atom is -0.489 e. The summed E-state index contributed by atoms with van der Waals surface area (Å²) >= 11 is 6.25. The molecular formula is C16H26ClNO2. The molecule has 3 nitrogen and oxygen atoms in total. The number of aliphatic hydroxyl groups is 1. The molecule has 1 aromatic carbocycles. The summed E-state index contributed by atoms with van der Waals surface area (Å²) in [5.74, 6) is 0.731. The highest BCUT2D eigenvalue weighted by Crippen LogP contribution is 2.29. The van der Waals surface area contributed by atoms with E-state index in [1.807, 2.05) is 32.0 Å². The molecule has 0 aliphatic carbocycles. The Morgan fingerprint density at radius 3 is 2.50 bits per heavy atom. The van der Waals surface area contributed by atoms with E-state index in [4.69, 9.17) is 16.3 Å². The van der Waals surface area contributed by atoms with Crippen LogP contribution in [0.25, 0.3) is 0 Å². The average molecular weight is 300 g/mol. The van der Waals surface area contributed by atoms with Crippen LogP contribution < -0.4 is 10.1 Å². The number of benzene rings is 1. The van der Waals surface area contributed by atoms with Crippen molar-refractivity contribution in [1.82, 2.24) is 5.32 Å². The molecule has 0 radical (unpaired) electrons. The molecular weight excluding hydrogens is 274 g/mol. The Balaban J connectivity index is 2.74. The van der Waals surface area contributed by atoms with Crippen LogP contribution in [0.3, 0.4) is 0 Å². The normalized spacial score (nSPS) is 16.0. The Kier molecular flexibility index (Phi) is 6.31. The maximum absolute atomic E-state index is 10.2. The van der Waals surface area contributed by atoms with E-state index in [0.29, 0.717) is 10.8 Å². The van der Waals surface area contributed by atoms with Gasteiger partial charge in [0.15, 0.2) is 0 Å². The van der Waals surface area contributed by atoms with Crippen LogP contribution in [-0.4, -0.2) is 23.9 Å². The van der Waals surface area contributed by atoms with Crippen molar-refractivity contribution in [2.45, 2.75) is 46.3 Å². The highest BCUT2D eigenvalue weighted by atomic mass is 35.5. The summed E-state index contributed by atoms with van der Waals surface area (Å²) in [6, 6.07) is 6.03. The monoisotopic (exact) mass is 299 g/mol. The van der Waals surface area contributed by atoms with Gasteiger partial charge in [0, 0.05) is 6.04 Å². The van der Waals surface area contributed by atoms with Crippen molar-refractivity contribution in [3.8, 4) is 5.75 Å². The molecule has 0 spiro atoms. The lowest BCUT2D eigenvalue weighted by Gasteiger charge is -2.27. The molecule has 1 rings (SSSR count). The van der Waals surface area contributed by atoms with Crippen molar-refractivity contribution in [2.75, 3.05) is 13.2 Å². The van der Waals surface area contributed by atoms with Gasteiger partial charge in [-0.3, -0.25) is 0 Å². The summed E-state index contributed by atoms with van der Waals surface area (Å²) in [6.07, 6.45) is 0. The summed E-state index contributed by atoms with van der Waals surface area (Å²) in [6.45, 7) is 11.0. The number of rotatable bonds is 7. The SMILES string of the molecule is CCNC(C)c1ccc(OCC(C)(O)C(C)C)c(Cl)c1. The van der Waals surface area contributed by atoms with Crippen LogP contribution in [0.4, 0.5) is 0 Å². The van der Waals surface area contributed by atoms with Crippen molar-refractivity contribution in [1.29, 1.82) is 0 Å². The molecule has 0 saturated carbocycles. The molecule has 4 heteroatoms. The Labute approximate surface area is 127 Å². The largest absolute Gasteiger partial charge is 0.489 e. The number of hydrogen-bond donors (Lipinski definition) is 2. The minimum atomic E-state index is -0.862. The zero-order valence-corrected chi connectivity index (χ0v) is 13.8. The number of halogens is 1. The van der Waals surface area contributed by atoms with E-state index in [0.717, 1.165) is 12.1 Å². The number of ether oxygens (including phenoxy) is 1. The van der Waals surface area contributed by atoms with Gasteiger partial charge in [-0.15, -0.1) is 0 Å². The first-order valence-electron chi connectivity index (χ1n) is 7.16. The highest BCUT2D eigenvalue weighted by molar-refractivity contribution is 6.32. The summed E-state index contributed by atoms with van der Waals surface area (Å²) in [4.78, 5) is 0. The maximum Gasteiger partial charge on any atom is 0.138 e. The molecule has 0 saturated heterocycles. The Bertz CT molecular complexity index is 432. The van der Waals surface area contributed by atoms with Crippen LogP contribution >= 0.6 is 11.6 Å². The summed E-state index contributed by atoms with van der Waals surface area (Å²) < 4.78 is 5.66. The lowest BCUT2D eigenvalue weighted by Crippen LogP contribution is -2.37. The molecule has 20 heavy (non-hydrogen) atoms. The van der Waals surface area contributed by atoms with Gasteiger partial charge in [-0.05, 0) is 44.0 Å². The fourth-order valence-corrected chi connectivity index (χ4v) is 1.96. The second-order valence-corrected chi connectivity index (χ2v) is 6.18. The Morgan fingerprint density at radius 2 is 2.00 bits per heavy atom. The maximum atomic E-state index is 10.2. The van der Waals surface area contributed by atoms with Crippen molar-refractivity contribution < 1.29 is 9.84 Å². The van der Waals surface area contributed by atoms with Gasteiger partial charge >= 0.3 is 0 Å². The second kappa shape index (κ2) is 7.30. The fourth-order valence-electron chi connectivity index (χ4n) is 1.72. The van der Waals surface area contributed by atoms with Crippen molar-refractivity contribution in [3.63, 3.8) is 0 Å². The Hall–Kier alpha value is -0.770. The predicted octanol–water partition coefficient (Wildman–Crippen LogP) is 3.80. The van der Waals surface area contributed by atoms with Crippen LogP contribution in [0.15, 0.2) is 18.2 Å². The molecule has 2 unspecified atom stereocenters. The molecule has 1 aromatic rings. The van der Waals surface area contributed by atoms with Crippen molar-refractivity contribution >= 4 is 11.6 Å².